The van der Waals surface area contributed by atoms with Crippen molar-refractivity contribution in [1.82, 2.24) is 14.7 Å². The summed E-state index contributed by atoms with van der Waals surface area (Å²) in [6, 6.07) is 11.8. The lowest BCUT2D eigenvalue weighted by Crippen LogP contribution is -2.32. The molecular weight excluding hydrogens is 298 g/mol. The van der Waals surface area contributed by atoms with Crippen molar-refractivity contribution >= 4 is 5.91 Å². The Morgan fingerprint density at radius 1 is 0.958 bits per heavy atom. The minimum atomic E-state index is 0.0887. The second-order valence-electron chi connectivity index (χ2n) is 7.37. The molecule has 4 heteroatoms. The smallest absolute Gasteiger partial charge is 0.274 e. The van der Waals surface area contributed by atoms with E-state index in [4.69, 9.17) is 0 Å². The molecule has 1 spiro atoms. The van der Waals surface area contributed by atoms with E-state index in [1.807, 2.05) is 47.5 Å². The van der Waals surface area contributed by atoms with E-state index in [1.54, 1.807) is 4.68 Å². The molecule has 0 bridgehead atoms. The molecule has 4 rings (SSSR count). The Morgan fingerprint density at radius 2 is 1.71 bits per heavy atom. The van der Waals surface area contributed by atoms with Gasteiger partial charge < -0.3 is 4.90 Å². The molecule has 1 aromatic carbocycles. The van der Waals surface area contributed by atoms with E-state index in [0.717, 1.165) is 25.2 Å². The molecular formula is C20H25N3O. The molecule has 1 saturated carbocycles. The van der Waals surface area contributed by atoms with Crippen LogP contribution in [0.5, 0.6) is 0 Å². The lowest BCUT2D eigenvalue weighted by molar-refractivity contribution is 0.0761. The van der Waals surface area contributed by atoms with Crippen molar-refractivity contribution in [3.05, 3.63) is 48.3 Å². The number of nitrogens with zero attached hydrogens (tertiary/aromatic N) is 3. The van der Waals surface area contributed by atoms with E-state index in [2.05, 4.69) is 5.10 Å². The average Bonchev–Trinajstić information content (AvgIpc) is 3.20. The molecule has 2 aliphatic rings. The zero-order chi connectivity index (χ0) is 16.4. The normalized spacial score (nSPS) is 20.2. The topological polar surface area (TPSA) is 38.1 Å². The van der Waals surface area contributed by atoms with E-state index >= 15 is 0 Å². The number of hydrogen-bond donors (Lipinski definition) is 0. The first kappa shape index (κ1) is 15.4. The second-order valence-corrected chi connectivity index (χ2v) is 7.37. The lowest BCUT2D eigenvalue weighted by Gasteiger charge is -2.27. The number of carbonyl (C=O) groups is 1. The zero-order valence-electron chi connectivity index (χ0n) is 14.2. The van der Waals surface area contributed by atoms with E-state index in [-0.39, 0.29) is 5.91 Å². The van der Waals surface area contributed by atoms with Crippen LogP contribution in [0, 0.1) is 5.41 Å². The van der Waals surface area contributed by atoms with Crippen LogP contribution in [0.25, 0.3) is 5.69 Å². The lowest BCUT2D eigenvalue weighted by atomic mass is 9.80. The van der Waals surface area contributed by atoms with Gasteiger partial charge in [-0.25, -0.2) is 4.68 Å². The van der Waals surface area contributed by atoms with Gasteiger partial charge in [-0.15, -0.1) is 0 Å². The molecule has 2 fully saturated rings. The summed E-state index contributed by atoms with van der Waals surface area (Å²) in [5, 5.41) is 4.50. The fourth-order valence-electron chi connectivity index (χ4n) is 4.32. The van der Waals surface area contributed by atoms with Crippen molar-refractivity contribution in [3.63, 3.8) is 0 Å². The van der Waals surface area contributed by atoms with Gasteiger partial charge in [-0.2, -0.15) is 5.10 Å². The van der Waals surface area contributed by atoms with Gasteiger partial charge in [-0.3, -0.25) is 4.79 Å². The Labute approximate surface area is 143 Å². The number of hydrogen-bond acceptors (Lipinski definition) is 2. The quantitative estimate of drug-likeness (QED) is 0.836. The highest BCUT2D eigenvalue weighted by molar-refractivity contribution is 5.92. The maximum atomic E-state index is 12.9. The van der Waals surface area contributed by atoms with Crippen LogP contribution in [0.1, 0.15) is 55.4 Å². The molecule has 2 heterocycles. The van der Waals surface area contributed by atoms with E-state index in [9.17, 15) is 4.79 Å². The molecule has 4 nitrogen and oxygen atoms in total. The molecule has 0 N–H and O–H groups in total. The average molecular weight is 323 g/mol. The van der Waals surface area contributed by atoms with Gasteiger partial charge in [0.15, 0.2) is 5.69 Å². The van der Waals surface area contributed by atoms with E-state index < -0.39 is 0 Å². The zero-order valence-corrected chi connectivity index (χ0v) is 14.2. The minimum Gasteiger partial charge on any atom is -0.337 e. The number of rotatable bonds is 2. The minimum absolute atomic E-state index is 0.0887. The summed E-state index contributed by atoms with van der Waals surface area (Å²) in [5.41, 5.74) is 1.93. The van der Waals surface area contributed by atoms with Crippen molar-refractivity contribution in [2.75, 3.05) is 13.1 Å². The summed E-state index contributed by atoms with van der Waals surface area (Å²) in [6.07, 6.45) is 11.0. The number of benzene rings is 1. The Morgan fingerprint density at radius 3 is 2.46 bits per heavy atom. The third-order valence-electron chi connectivity index (χ3n) is 5.72. The Bertz CT molecular complexity index is 699. The second kappa shape index (κ2) is 6.42. The van der Waals surface area contributed by atoms with Gasteiger partial charge in [0.25, 0.3) is 5.91 Å². The predicted octanol–water partition coefficient (Wildman–Crippen LogP) is 4.06. The number of likely N-dealkylation sites (tertiary alicyclic amines) is 1. The molecule has 0 radical (unpaired) electrons. The van der Waals surface area contributed by atoms with Gasteiger partial charge in [0.2, 0.25) is 0 Å². The number of carbonyl (C=O) groups excluding carboxylic acids is 1. The van der Waals surface area contributed by atoms with Crippen molar-refractivity contribution in [3.8, 4) is 5.69 Å². The van der Waals surface area contributed by atoms with Crippen molar-refractivity contribution in [2.24, 2.45) is 5.41 Å². The summed E-state index contributed by atoms with van der Waals surface area (Å²) in [6.45, 7) is 1.81. The molecule has 1 aromatic heterocycles. The van der Waals surface area contributed by atoms with Crippen molar-refractivity contribution in [1.29, 1.82) is 0 Å². The predicted molar refractivity (Wildman–Crippen MR) is 94.2 cm³/mol. The third-order valence-corrected chi connectivity index (χ3v) is 5.72. The highest BCUT2D eigenvalue weighted by Gasteiger charge is 2.40. The van der Waals surface area contributed by atoms with Gasteiger partial charge >= 0.3 is 0 Å². The molecule has 1 saturated heterocycles. The summed E-state index contributed by atoms with van der Waals surface area (Å²) in [5.74, 6) is 0.0887. The standard InChI is InChI=1S/C20H25N3O/c24-19(18-10-14-23(21-18)17-8-4-3-5-9-17)22-15-13-20(16-22)11-6-1-2-7-12-20/h3-5,8-10,14H,1-2,6-7,11-13,15-16H2. The largest absolute Gasteiger partial charge is 0.337 e. The van der Waals surface area contributed by atoms with Gasteiger partial charge in [0.05, 0.1) is 5.69 Å². The van der Waals surface area contributed by atoms with Crippen LogP contribution in [0.4, 0.5) is 0 Å². The van der Waals surface area contributed by atoms with Crippen LogP contribution in [-0.2, 0) is 0 Å². The number of aromatic nitrogens is 2. The molecule has 2 aromatic rings. The van der Waals surface area contributed by atoms with Gasteiger partial charge in [0.1, 0.15) is 0 Å². The first-order valence-corrected chi connectivity index (χ1v) is 9.16. The van der Waals surface area contributed by atoms with Gasteiger partial charge in [-0.1, -0.05) is 43.9 Å². The fraction of sp³-hybridized carbons (Fsp3) is 0.500. The third kappa shape index (κ3) is 2.97. The number of para-hydroxylation sites is 1. The van der Waals surface area contributed by atoms with Crippen LogP contribution >= 0.6 is 0 Å². The molecule has 1 amide bonds. The van der Waals surface area contributed by atoms with Gasteiger partial charge in [-0.05, 0) is 42.9 Å². The summed E-state index contributed by atoms with van der Waals surface area (Å²) >= 11 is 0. The van der Waals surface area contributed by atoms with Crippen molar-refractivity contribution < 1.29 is 4.79 Å². The van der Waals surface area contributed by atoms with Crippen LogP contribution in [-0.4, -0.2) is 33.7 Å². The van der Waals surface area contributed by atoms with Crippen LogP contribution in [0.2, 0.25) is 0 Å². The highest BCUT2D eigenvalue weighted by atomic mass is 16.2. The molecule has 1 aliphatic carbocycles. The maximum absolute atomic E-state index is 12.9. The molecule has 0 unspecified atom stereocenters. The summed E-state index contributed by atoms with van der Waals surface area (Å²) in [7, 11) is 0. The Balaban J connectivity index is 1.48. The monoisotopic (exact) mass is 323 g/mol. The molecule has 0 atom stereocenters. The van der Waals surface area contributed by atoms with Crippen LogP contribution in [0.3, 0.4) is 0 Å². The van der Waals surface area contributed by atoms with E-state index in [0.29, 0.717) is 11.1 Å². The van der Waals surface area contributed by atoms with Crippen molar-refractivity contribution in [2.45, 2.75) is 44.9 Å². The highest BCUT2D eigenvalue weighted by Crippen LogP contribution is 2.42. The summed E-state index contributed by atoms with van der Waals surface area (Å²) in [4.78, 5) is 14.9. The molecule has 126 valence electrons. The Kier molecular flexibility index (Phi) is 4.13. The first-order valence-electron chi connectivity index (χ1n) is 9.16. The van der Waals surface area contributed by atoms with Crippen LogP contribution in [0.15, 0.2) is 42.6 Å². The number of amides is 1. The van der Waals surface area contributed by atoms with E-state index in [1.165, 1.54) is 38.5 Å². The maximum Gasteiger partial charge on any atom is 0.274 e. The van der Waals surface area contributed by atoms with Gasteiger partial charge in [0, 0.05) is 19.3 Å². The first-order chi connectivity index (χ1) is 11.8. The fourth-order valence-corrected chi connectivity index (χ4v) is 4.32. The van der Waals surface area contributed by atoms with Crippen LogP contribution < -0.4 is 0 Å². The Hall–Kier alpha value is -2.10. The summed E-state index contributed by atoms with van der Waals surface area (Å²) < 4.78 is 1.78. The molecule has 24 heavy (non-hydrogen) atoms. The SMILES string of the molecule is O=C(c1ccn(-c2ccccc2)n1)N1CCC2(CCCCCC2)C1. The molecule has 1 aliphatic heterocycles.